The smallest absolute Gasteiger partial charge is 0.153 e. The summed E-state index contributed by atoms with van der Waals surface area (Å²) in [7, 11) is 1.59. The Bertz CT molecular complexity index is 765. The van der Waals surface area contributed by atoms with Crippen LogP contribution in [-0.2, 0) is 0 Å². The molecule has 6 nitrogen and oxygen atoms in total. The van der Waals surface area contributed by atoms with E-state index in [1.807, 2.05) is 36.4 Å². The monoisotopic (exact) mass is 269 g/mol. The van der Waals surface area contributed by atoms with Gasteiger partial charge < -0.3 is 21.5 Å². The molecule has 0 unspecified atom stereocenters. The number of rotatable bonds is 3. The fraction of sp³-hybridized carbons (Fsp3) is 0.0714. The number of ether oxygens (including phenoxy) is 1. The van der Waals surface area contributed by atoms with Gasteiger partial charge in [-0.2, -0.15) is 5.10 Å². The molecule has 0 aliphatic heterocycles. The number of H-pyrrole nitrogens is 1. The van der Waals surface area contributed by atoms with E-state index in [-0.39, 0.29) is 0 Å². The van der Waals surface area contributed by atoms with Gasteiger partial charge in [0.2, 0.25) is 0 Å². The van der Waals surface area contributed by atoms with Crippen molar-refractivity contribution in [2.45, 2.75) is 0 Å². The normalized spacial score (nSPS) is 10.7. The van der Waals surface area contributed by atoms with Crippen molar-refractivity contribution in [1.29, 1.82) is 0 Å². The first-order valence-electron chi connectivity index (χ1n) is 6.12. The molecule has 3 rings (SSSR count). The van der Waals surface area contributed by atoms with Gasteiger partial charge in [-0.15, -0.1) is 0 Å². The van der Waals surface area contributed by atoms with E-state index in [1.165, 1.54) is 0 Å². The Morgan fingerprint density at radius 2 is 2.05 bits per heavy atom. The van der Waals surface area contributed by atoms with E-state index < -0.39 is 0 Å². The van der Waals surface area contributed by atoms with Gasteiger partial charge in [0.25, 0.3) is 0 Å². The second-order valence-electron chi connectivity index (χ2n) is 4.42. The maximum absolute atomic E-state index is 6.03. The largest absolute Gasteiger partial charge is 0.495 e. The molecule has 0 amide bonds. The fourth-order valence-electron chi connectivity index (χ4n) is 2.11. The summed E-state index contributed by atoms with van der Waals surface area (Å²) in [5, 5.41) is 11.0. The summed E-state index contributed by atoms with van der Waals surface area (Å²) < 4.78 is 5.20. The molecule has 0 atom stereocenters. The van der Waals surface area contributed by atoms with Crippen molar-refractivity contribution in [1.82, 2.24) is 10.2 Å². The van der Waals surface area contributed by atoms with Crippen molar-refractivity contribution in [2.24, 2.45) is 0 Å². The van der Waals surface area contributed by atoms with Gasteiger partial charge in [-0.25, -0.2) is 0 Å². The third kappa shape index (κ3) is 1.97. The van der Waals surface area contributed by atoms with Crippen LogP contribution in [0.2, 0.25) is 0 Å². The molecule has 0 fully saturated rings. The predicted octanol–water partition coefficient (Wildman–Crippen LogP) is 2.48. The summed E-state index contributed by atoms with van der Waals surface area (Å²) in [5.74, 6) is 1.13. The Kier molecular flexibility index (Phi) is 2.83. The van der Waals surface area contributed by atoms with Crippen LogP contribution < -0.4 is 21.5 Å². The van der Waals surface area contributed by atoms with Crippen LogP contribution in [0.1, 0.15) is 0 Å². The highest BCUT2D eigenvalue weighted by atomic mass is 16.5. The minimum Gasteiger partial charge on any atom is -0.495 e. The molecule has 6 N–H and O–H groups in total. The van der Waals surface area contributed by atoms with E-state index >= 15 is 0 Å². The highest BCUT2D eigenvalue weighted by Crippen LogP contribution is 2.32. The standard InChI is InChI=1S/C14H15N5O/c1-20-12-4-2-3-10(13(12)15)17-8-5-6-9-11(7-8)18-19-14(9)16/h2-7,17H,15H2,1H3,(H3,16,18,19). The lowest BCUT2D eigenvalue weighted by atomic mass is 10.2. The van der Waals surface area contributed by atoms with E-state index in [0.29, 0.717) is 17.3 Å². The molecular formula is C14H15N5O. The van der Waals surface area contributed by atoms with E-state index in [9.17, 15) is 0 Å². The number of hydrogen-bond acceptors (Lipinski definition) is 5. The number of aromatic amines is 1. The number of hydrogen-bond donors (Lipinski definition) is 4. The predicted molar refractivity (Wildman–Crippen MR) is 81.2 cm³/mol. The fourth-order valence-corrected chi connectivity index (χ4v) is 2.11. The lowest BCUT2D eigenvalue weighted by Crippen LogP contribution is -1.98. The molecule has 2 aromatic carbocycles. The van der Waals surface area contributed by atoms with Crippen molar-refractivity contribution in [3.8, 4) is 5.75 Å². The van der Waals surface area contributed by atoms with Crippen molar-refractivity contribution in [3.63, 3.8) is 0 Å². The van der Waals surface area contributed by atoms with E-state index in [4.69, 9.17) is 16.2 Å². The van der Waals surface area contributed by atoms with Crippen LogP contribution in [0.5, 0.6) is 5.75 Å². The Morgan fingerprint density at radius 3 is 2.85 bits per heavy atom. The van der Waals surface area contributed by atoms with Gasteiger partial charge in [-0.3, -0.25) is 5.10 Å². The Balaban J connectivity index is 1.96. The first-order valence-corrected chi connectivity index (χ1v) is 6.12. The molecule has 0 spiro atoms. The third-order valence-corrected chi connectivity index (χ3v) is 3.16. The van der Waals surface area contributed by atoms with Gasteiger partial charge in [0.1, 0.15) is 5.75 Å². The Morgan fingerprint density at radius 1 is 1.20 bits per heavy atom. The molecule has 0 saturated heterocycles. The summed E-state index contributed by atoms with van der Waals surface area (Å²) in [5.41, 5.74) is 14.9. The van der Waals surface area contributed by atoms with Gasteiger partial charge in [0.15, 0.2) is 5.82 Å². The number of nitrogens with one attached hydrogen (secondary N) is 2. The molecule has 0 bridgehead atoms. The quantitative estimate of drug-likeness (QED) is 0.547. The van der Waals surface area contributed by atoms with Crippen molar-refractivity contribution < 1.29 is 4.74 Å². The third-order valence-electron chi connectivity index (χ3n) is 3.16. The molecule has 20 heavy (non-hydrogen) atoms. The average molecular weight is 269 g/mol. The number of methoxy groups -OCH3 is 1. The Hall–Kier alpha value is -2.89. The highest BCUT2D eigenvalue weighted by Gasteiger charge is 2.07. The summed E-state index contributed by atoms with van der Waals surface area (Å²) in [6.07, 6.45) is 0. The number of para-hydroxylation sites is 1. The van der Waals surface area contributed by atoms with E-state index in [2.05, 4.69) is 15.5 Å². The molecule has 0 saturated carbocycles. The minimum absolute atomic E-state index is 0.493. The van der Waals surface area contributed by atoms with Crippen LogP contribution in [0.15, 0.2) is 36.4 Å². The number of aromatic nitrogens is 2. The molecule has 102 valence electrons. The maximum atomic E-state index is 6.03. The van der Waals surface area contributed by atoms with Crippen LogP contribution in [0.3, 0.4) is 0 Å². The molecule has 6 heteroatoms. The average Bonchev–Trinajstić information content (AvgIpc) is 2.82. The molecule has 0 aliphatic carbocycles. The van der Waals surface area contributed by atoms with Crippen LogP contribution in [-0.4, -0.2) is 17.3 Å². The Labute approximate surface area is 115 Å². The van der Waals surface area contributed by atoms with Crippen LogP contribution in [0.4, 0.5) is 22.9 Å². The van der Waals surface area contributed by atoms with Gasteiger partial charge in [-0.1, -0.05) is 6.07 Å². The number of anilines is 4. The highest BCUT2D eigenvalue weighted by molar-refractivity contribution is 5.91. The zero-order valence-corrected chi connectivity index (χ0v) is 11.0. The summed E-state index contributed by atoms with van der Waals surface area (Å²) >= 11 is 0. The lowest BCUT2D eigenvalue weighted by molar-refractivity contribution is 0.417. The number of fused-ring (bicyclic) bond motifs is 1. The van der Waals surface area contributed by atoms with Crippen molar-refractivity contribution in [3.05, 3.63) is 36.4 Å². The first-order chi connectivity index (χ1) is 9.69. The molecule has 0 radical (unpaired) electrons. The SMILES string of the molecule is COc1cccc(Nc2ccc3c(N)n[nH]c3c2)c1N. The zero-order chi connectivity index (χ0) is 14.1. The summed E-state index contributed by atoms with van der Waals surface area (Å²) in [6, 6.07) is 11.4. The number of benzene rings is 2. The summed E-state index contributed by atoms with van der Waals surface area (Å²) in [6.45, 7) is 0. The maximum Gasteiger partial charge on any atom is 0.153 e. The van der Waals surface area contributed by atoms with Crippen molar-refractivity contribution in [2.75, 3.05) is 23.9 Å². The molecule has 1 aromatic heterocycles. The first kappa shape index (κ1) is 12.2. The summed E-state index contributed by atoms with van der Waals surface area (Å²) in [4.78, 5) is 0. The molecule has 1 heterocycles. The second-order valence-corrected chi connectivity index (χ2v) is 4.42. The van der Waals surface area contributed by atoms with Crippen LogP contribution in [0, 0.1) is 0 Å². The number of nitrogens with two attached hydrogens (primary N) is 2. The van der Waals surface area contributed by atoms with E-state index in [1.54, 1.807) is 7.11 Å². The number of nitrogen functional groups attached to an aromatic ring is 2. The minimum atomic E-state index is 0.493. The van der Waals surface area contributed by atoms with Gasteiger partial charge in [0, 0.05) is 11.1 Å². The van der Waals surface area contributed by atoms with Crippen LogP contribution in [0.25, 0.3) is 10.9 Å². The van der Waals surface area contributed by atoms with Gasteiger partial charge in [0.05, 0.1) is 24.0 Å². The zero-order valence-electron chi connectivity index (χ0n) is 11.0. The van der Waals surface area contributed by atoms with Crippen molar-refractivity contribution >= 4 is 33.8 Å². The molecular weight excluding hydrogens is 254 g/mol. The second kappa shape index (κ2) is 4.65. The molecule has 0 aliphatic rings. The lowest BCUT2D eigenvalue weighted by Gasteiger charge is -2.12. The van der Waals surface area contributed by atoms with E-state index in [0.717, 1.165) is 22.3 Å². The van der Waals surface area contributed by atoms with Gasteiger partial charge in [-0.05, 0) is 30.3 Å². The number of nitrogens with zero attached hydrogens (tertiary/aromatic N) is 1. The van der Waals surface area contributed by atoms with Crippen LogP contribution >= 0.6 is 0 Å². The topological polar surface area (TPSA) is 102 Å². The van der Waals surface area contributed by atoms with Gasteiger partial charge >= 0.3 is 0 Å². The molecule has 3 aromatic rings.